The first kappa shape index (κ1) is 110. The van der Waals surface area contributed by atoms with Crippen molar-refractivity contribution in [3.05, 3.63) is 0 Å². The Bertz CT molecular complexity index is 8.75. The van der Waals surface area contributed by atoms with Gasteiger partial charge >= 0.3 is 60.6 Å². The van der Waals surface area contributed by atoms with Gasteiger partial charge in [-0.05, 0) is 0 Å². The van der Waals surface area contributed by atoms with Gasteiger partial charge in [-0.15, -0.1) is 0 Å². The van der Waals surface area contributed by atoms with E-state index in [9.17, 15) is 0 Å². The smallest absolute Gasteiger partial charge is 2.00 e. The van der Waals surface area contributed by atoms with Crippen LogP contribution in [0.2, 0.25) is 0 Å². The molecule has 0 unspecified atom stereocenters. The van der Waals surface area contributed by atoms with Gasteiger partial charge in [0.15, 0.2) is 0 Å². The van der Waals surface area contributed by atoms with Crippen LogP contribution in [0, 0.1) is 0 Å². The molecule has 0 aliphatic carbocycles. The van der Waals surface area contributed by atoms with E-state index in [2.05, 4.69) is 0 Å². The maximum absolute atomic E-state index is 0. The molecule has 3 nitrogen and oxygen atoms in total. The SMILES string of the molecule is [Al+3].[Al+3].[Hf+4].[O-2].[O-2].[O-2]. The molecule has 0 radical (unpaired) electrons. The molecular formula is Al2HfO3+4. The molecule has 6 heavy (non-hydrogen) atoms. The molecule has 0 fully saturated rings. The van der Waals surface area contributed by atoms with E-state index in [1.165, 1.54) is 0 Å². The Kier molecular flexibility index (Phi) is 1280. The minimum absolute atomic E-state index is 0. The average Bonchev–Trinajstić information content (AvgIpc) is 0. The average molecular weight is 280 g/mol. The molecule has 0 aliphatic rings. The van der Waals surface area contributed by atoms with Crippen molar-refractivity contribution in [2.75, 3.05) is 0 Å². The predicted octanol–water partition coefficient (Wildman–Crippen LogP) is -1.12. The summed E-state index contributed by atoms with van der Waals surface area (Å²) in [4.78, 5) is 0. The summed E-state index contributed by atoms with van der Waals surface area (Å²) in [6.45, 7) is 0. The first-order valence-corrected chi connectivity index (χ1v) is 0. The Hall–Kier alpha value is 1.82. The number of hydrogen-bond acceptors (Lipinski definition) is 0. The molecular weight excluding hydrogens is 280 g/mol. The van der Waals surface area contributed by atoms with Crippen molar-refractivity contribution in [3.63, 3.8) is 0 Å². The van der Waals surface area contributed by atoms with Crippen molar-refractivity contribution in [3.8, 4) is 0 Å². The second-order valence-corrected chi connectivity index (χ2v) is 0. The van der Waals surface area contributed by atoms with Crippen molar-refractivity contribution in [2.24, 2.45) is 0 Å². The van der Waals surface area contributed by atoms with E-state index in [1.54, 1.807) is 0 Å². The van der Waals surface area contributed by atoms with Gasteiger partial charge in [0, 0.05) is 0 Å². The second-order valence-electron chi connectivity index (χ2n) is 0. The summed E-state index contributed by atoms with van der Waals surface area (Å²) < 4.78 is 0. The standard InChI is InChI=1S/2Al.Hf.3O/q2*+3;+4;3*-2. The topological polar surface area (TPSA) is 85.5 Å². The van der Waals surface area contributed by atoms with Crippen molar-refractivity contribution < 1.29 is 42.3 Å². The first-order valence-electron chi connectivity index (χ1n) is 0. The van der Waals surface area contributed by atoms with Crippen LogP contribution in [0.4, 0.5) is 0 Å². The molecule has 0 amide bonds. The van der Waals surface area contributed by atoms with Gasteiger partial charge in [-0.2, -0.15) is 0 Å². The third kappa shape index (κ3) is 40.9. The minimum atomic E-state index is 0. The van der Waals surface area contributed by atoms with Gasteiger partial charge in [0.1, 0.15) is 0 Å². The van der Waals surface area contributed by atoms with Gasteiger partial charge < -0.3 is 16.4 Å². The molecule has 0 heterocycles. The molecule has 0 N–H and O–H groups in total. The van der Waals surface area contributed by atoms with Crippen LogP contribution in [0.1, 0.15) is 0 Å². The third-order valence-electron chi connectivity index (χ3n) is 0. The van der Waals surface area contributed by atoms with Crippen LogP contribution in [0.25, 0.3) is 0 Å². The van der Waals surface area contributed by atoms with E-state index in [-0.39, 0.29) is 77.0 Å². The Labute approximate surface area is 76.5 Å². The van der Waals surface area contributed by atoms with Gasteiger partial charge in [0.2, 0.25) is 0 Å². The van der Waals surface area contributed by atoms with E-state index < -0.39 is 0 Å². The van der Waals surface area contributed by atoms with Crippen LogP contribution in [0.3, 0.4) is 0 Å². The monoisotopic (exact) mass is 282 g/mol. The summed E-state index contributed by atoms with van der Waals surface area (Å²) in [6, 6.07) is 0. The molecule has 0 aromatic rings. The van der Waals surface area contributed by atoms with E-state index in [0.717, 1.165) is 0 Å². The molecule has 0 bridgehead atoms. The quantitative estimate of drug-likeness (QED) is 0.503. The van der Waals surface area contributed by atoms with Crippen LogP contribution < -0.4 is 0 Å². The number of hydrogen-bond donors (Lipinski definition) is 0. The Morgan fingerprint density at radius 1 is 0.500 bits per heavy atom. The minimum Gasteiger partial charge on any atom is -2.00 e. The molecule has 0 rings (SSSR count). The van der Waals surface area contributed by atoms with Crippen molar-refractivity contribution in [1.82, 2.24) is 0 Å². The Balaban J connectivity index is 0. The molecule has 0 aromatic heterocycles. The van der Waals surface area contributed by atoms with Crippen LogP contribution in [-0.2, 0) is 42.3 Å². The fourth-order valence-corrected chi connectivity index (χ4v) is 0. The third-order valence-corrected chi connectivity index (χ3v) is 0. The van der Waals surface area contributed by atoms with Gasteiger partial charge in [-0.25, -0.2) is 0 Å². The summed E-state index contributed by atoms with van der Waals surface area (Å²) in [5.41, 5.74) is 0. The summed E-state index contributed by atoms with van der Waals surface area (Å²) in [5.74, 6) is 0. The van der Waals surface area contributed by atoms with Crippen molar-refractivity contribution in [1.29, 1.82) is 0 Å². The van der Waals surface area contributed by atoms with Crippen molar-refractivity contribution >= 4 is 34.7 Å². The molecule has 0 aliphatic heterocycles. The molecule has 0 saturated carbocycles. The zero-order valence-corrected chi connectivity index (χ0v) is 8.78. The summed E-state index contributed by atoms with van der Waals surface area (Å²) in [6.07, 6.45) is 0. The second kappa shape index (κ2) is 70.0. The molecule has 24 valence electrons. The number of rotatable bonds is 0. The molecule has 0 atom stereocenters. The van der Waals surface area contributed by atoms with Gasteiger partial charge in [-0.3, -0.25) is 0 Å². The van der Waals surface area contributed by atoms with E-state index in [0.29, 0.717) is 0 Å². The van der Waals surface area contributed by atoms with E-state index in [1.807, 2.05) is 0 Å². The fraction of sp³-hybridized carbons (Fsp3) is 0. The summed E-state index contributed by atoms with van der Waals surface area (Å²) in [5, 5.41) is 0. The molecule has 0 saturated heterocycles. The summed E-state index contributed by atoms with van der Waals surface area (Å²) in [7, 11) is 0. The fourth-order valence-electron chi connectivity index (χ4n) is 0. The van der Waals surface area contributed by atoms with Crippen LogP contribution in [-0.4, -0.2) is 34.7 Å². The van der Waals surface area contributed by atoms with Crippen LogP contribution >= 0.6 is 0 Å². The van der Waals surface area contributed by atoms with Gasteiger partial charge in [0.25, 0.3) is 0 Å². The largest absolute Gasteiger partial charge is 4.00 e. The predicted molar refractivity (Wildman–Crippen MR) is 13.6 cm³/mol. The molecule has 0 spiro atoms. The van der Waals surface area contributed by atoms with Gasteiger partial charge in [-0.1, -0.05) is 0 Å². The molecule has 6 heteroatoms. The zero-order valence-electron chi connectivity index (χ0n) is 2.88. The van der Waals surface area contributed by atoms with Gasteiger partial charge in [0.05, 0.1) is 0 Å². The molecule has 0 aromatic carbocycles. The van der Waals surface area contributed by atoms with E-state index in [4.69, 9.17) is 0 Å². The maximum Gasteiger partial charge on any atom is 4.00 e. The first-order chi connectivity index (χ1) is 0. The normalized spacial score (nSPS) is 0. The maximum atomic E-state index is 0. The van der Waals surface area contributed by atoms with Crippen LogP contribution in [0.5, 0.6) is 0 Å². The van der Waals surface area contributed by atoms with E-state index >= 15 is 0 Å². The van der Waals surface area contributed by atoms with Crippen molar-refractivity contribution in [2.45, 2.75) is 0 Å². The Morgan fingerprint density at radius 2 is 0.500 bits per heavy atom. The zero-order chi connectivity index (χ0) is 0. The Morgan fingerprint density at radius 3 is 0.500 bits per heavy atom. The van der Waals surface area contributed by atoms with Crippen LogP contribution in [0.15, 0.2) is 0 Å². The summed E-state index contributed by atoms with van der Waals surface area (Å²) >= 11 is 0.